The van der Waals surface area contributed by atoms with Gasteiger partial charge in [-0.2, -0.15) is 0 Å². The van der Waals surface area contributed by atoms with Gasteiger partial charge < -0.3 is 0 Å². The molecule has 1 fully saturated rings. The smallest absolute Gasteiger partial charge is 0.0279 e. The van der Waals surface area contributed by atoms with Gasteiger partial charge in [-0.25, -0.2) is 0 Å². The number of halogens is 1. The van der Waals surface area contributed by atoms with Crippen LogP contribution < -0.4 is 11.3 Å². The van der Waals surface area contributed by atoms with Gasteiger partial charge in [0.05, 0.1) is 0 Å². The summed E-state index contributed by atoms with van der Waals surface area (Å²) in [5.74, 6) is 8.28. The summed E-state index contributed by atoms with van der Waals surface area (Å²) in [4.78, 5) is 0. The van der Waals surface area contributed by atoms with Crippen LogP contribution in [-0.2, 0) is 6.42 Å². The number of nitrogens with two attached hydrogens (primary N) is 1. The van der Waals surface area contributed by atoms with E-state index in [0.29, 0.717) is 6.04 Å². The van der Waals surface area contributed by atoms with Gasteiger partial charge in [0.2, 0.25) is 0 Å². The Morgan fingerprint density at radius 2 is 1.65 bits per heavy atom. The van der Waals surface area contributed by atoms with E-state index in [-0.39, 0.29) is 0 Å². The molecule has 0 bridgehead atoms. The number of rotatable bonds is 5. The molecule has 1 saturated carbocycles. The van der Waals surface area contributed by atoms with Gasteiger partial charge in [-0.1, -0.05) is 41.9 Å². The first kappa shape index (κ1) is 16.0. The van der Waals surface area contributed by atoms with Gasteiger partial charge in [0.15, 0.2) is 0 Å². The van der Waals surface area contributed by atoms with Gasteiger partial charge in [-0.3, -0.25) is 11.3 Å². The largest absolute Gasteiger partial charge is 0.271 e. The molecule has 2 nitrogen and oxygen atoms in total. The summed E-state index contributed by atoms with van der Waals surface area (Å²) in [6, 6.07) is 9.00. The fraction of sp³-hybridized carbons (Fsp3) is 0.647. The van der Waals surface area contributed by atoms with Crippen molar-refractivity contribution in [1.29, 1.82) is 0 Å². The number of hydrogen-bond donors (Lipinski definition) is 2. The molecule has 0 heterocycles. The summed E-state index contributed by atoms with van der Waals surface area (Å²) in [6.45, 7) is 4.71. The second-order valence-corrected chi connectivity index (χ2v) is 7.44. The van der Waals surface area contributed by atoms with Crippen molar-refractivity contribution in [2.24, 2.45) is 23.6 Å². The minimum Gasteiger partial charge on any atom is -0.271 e. The van der Waals surface area contributed by atoms with E-state index >= 15 is 0 Å². The predicted molar refractivity (Wildman–Crippen MR) is 89.2 cm³/mol. The molecule has 0 spiro atoms. The highest BCUT2D eigenvalue weighted by molar-refractivity contribution is 9.10. The fourth-order valence-corrected chi connectivity index (χ4v) is 3.71. The average Bonchev–Trinajstić information content (AvgIpc) is 2.47. The first-order valence-electron chi connectivity index (χ1n) is 7.80. The van der Waals surface area contributed by atoms with Gasteiger partial charge >= 0.3 is 0 Å². The summed E-state index contributed by atoms with van der Waals surface area (Å²) in [6.07, 6.45) is 6.38. The second-order valence-electron chi connectivity index (χ2n) is 6.52. The lowest BCUT2D eigenvalue weighted by atomic mass is 9.74. The molecule has 3 heteroatoms. The quantitative estimate of drug-likeness (QED) is 0.620. The summed E-state index contributed by atoms with van der Waals surface area (Å²) in [5, 5.41) is 0. The zero-order chi connectivity index (χ0) is 14.5. The Bertz CT molecular complexity index is 394. The topological polar surface area (TPSA) is 38.0 Å². The molecule has 112 valence electrons. The van der Waals surface area contributed by atoms with Crippen molar-refractivity contribution in [3.63, 3.8) is 0 Å². The lowest BCUT2D eigenvalue weighted by molar-refractivity contribution is 0.188. The Kier molecular flexibility index (Phi) is 6.06. The van der Waals surface area contributed by atoms with Crippen molar-refractivity contribution in [2.75, 3.05) is 0 Å². The molecule has 20 heavy (non-hydrogen) atoms. The molecule has 1 aromatic rings. The molecule has 1 atom stereocenters. The van der Waals surface area contributed by atoms with E-state index in [1.165, 1.54) is 31.2 Å². The van der Waals surface area contributed by atoms with Crippen LogP contribution in [0.2, 0.25) is 0 Å². The molecular formula is C17H27BrN2. The van der Waals surface area contributed by atoms with Crippen molar-refractivity contribution in [3.8, 4) is 0 Å². The zero-order valence-corrected chi connectivity index (χ0v) is 14.2. The Labute approximate surface area is 131 Å². The Morgan fingerprint density at radius 3 is 2.15 bits per heavy atom. The first-order valence-corrected chi connectivity index (χ1v) is 8.60. The molecule has 1 aliphatic rings. The minimum absolute atomic E-state index is 0.407. The van der Waals surface area contributed by atoms with Crippen molar-refractivity contribution in [1.82, 2.24) is 5.43 Å². The standard InChI is InChI=1S/C17H27BrN2/c1-12(2)14-5-7-15(8-6-14)17(20-19)11-13-3-9-16(18)10-4-13/h3-4,9-10,12,14-15,17,20H,5-8,11,19H2,1-2H3. The number of nitrogens with one attached hydrogen (secondary N) is 1. The molecule has 2 rings (SSSR count). The number of hydrazine groups is 1. The highest BCUT2D eigenvalue weighted by Crippen LogP contribution is 2.35. The molecule has 1 aliphatic carbocycles. The van der Waals surface area contributed by atoms with Crippen LogP contribution in [0.5, 0.6) is 0 Å². The average molecular weight is 339 g/mol. The monoisotopic (exact) mass is 338 g/mol. The third-order valence-electron chi connectivity index (χ3n) is 4.91. The van der Waals surface area contributed by atoms with Crippen molar-refractivity contribution >= 4 is 15.9 Å². The summed E-state index contributed by atoms with van der Waals surface area (Å²) in [7, 11) is 0. The van der Waals surface area contributed by atoms with E-state index < -0.39 is 0 Å². The van der Waals surface area contributed by atoms with Crippen LogP contribution in [0, 0.1) is 17.8 Å². The van der Waals surface area contributed by atoms with Crippen molar-refractivity contribution in [3.05, 3.63) is 34.3 Å². The maximum absolute atomic E-state index is 5.82. The van der Waals surface area contributed by atoms with Gasteiger partial charge in [0, 0.05) is 10.5 Å². The zero-order valence-electron chi connectivity index (χ0n) is 12.6. The van der Waals surface area contributed by atoms with Gasteiger partial charge in [-0.15, -0.1) is 0 Å². The van der Waals surface area contributed by atoms with Crippen LogP contribution in [0.4, 0.5) is 0 Å². The lowest BCUT2D eigenvalue weighted by Gasteiger charge is -2.35. The Balaban J connectivity index is 1.91. The van der Waals surface area contributed by atoms with Crippen LogP contribution in [0.3, 0.4) is 0 Å². The molecule has 0 radical (unpaired) electrons. The Hall–Kier alpha value is -0.380. The fourth-order valence-electron chi connectivity index (χ4n) is 3.45. The van der Waals surface area contributed by atoms with E-state index in [9.17, 15) is 0 Å². The van der Waals surface area contributed by atoms with Crippen molar-refractivity contribution < 1.29 is 0 Å². The molecule has 1 unspecified atom stereocenters. The van der Waals surface area contributed by atoms with Gasteiger partial charge in [-0.05, 0) is 67.6 Å². The SMILES string of the molecule is CC(C)C1CCC(C(Cc2ccc(Br)cc2)NN)CC1. The maximum Gasteiger partial charge on any atom is 0.0279 e. The predicted octanol–water partition coefficient (Wildman–Crippen LogP) is 4.29. The van der Waals surface area contributed by atoms with Crippen molar-refractivity contribution in [2.45, 2.75) is 52.0 Å². The van der Waals surface area contributed by atoms with E-state index in [2.05, 4.69) is 59.5 Å². The summed E-state index contributed by atoms with van der Waals surface area (Å²) >= 11 is 3.49. The van der Waals surface area contributed by atoms with Crippen LogP contribution in [0.1, 0.15) is 45.1 Å². The summed E-state index contributed by atoms with van der Waals surface area (Å²) in [5.41, 5.74) is 4.43. The lowest BCUT2D eigenvalue weighted by Crippen LogP contribution is -2.44. The first-order chi connectivity index (χ1) is 9.60. The summed E-state index contributed by atoms with van der Waals surface area (Å²) < 4.78 is 1.14. The molecule has 0 aliphatic heterocycles. The van der Waals surface area contributed by atoms with Gasteiger partial charge in [0.1, 0.15) is 0 Å². The molecular weight excluding hydrogens is 312 g/mol. The van der Waals surface area contributed by atoms with Crippen LogP contribution in [0.15, 0.2) is 28.7 Å². The molecule has 0 saturated heterocycles. The molecule has 0 aromatic heterocycles. The third-order valence-corrected chi connectivity index (χ3v) is 5.44. The highest BCUT2D eigenvalue weighted by Gasteiger charge is 2.28. The third kappa shape index (κ3) is 4.31. The second kappa shape index (κ2) is 7.58. The number of hydrogen-bond acceptors (Lipinski definition) is 2. The molecule has 0 amide bonds. The van der Waals surface area contributed by atoms with E-state index in [0.717, 1.165) is 28.6 Å². The van der Waals surface area contributed by atoms with Crippen LogP contribution in [0.25, 0.3) is 0 Å². The van der Waals surface area contributed by atoms with Crippen LogP contribution >= 0.6 is 15.9 Å². The molecule has 1 aromatic carbocycles. The maximum atomic E-state index is 5.82. The van der Waals surface area contributed by atoms with E-state index in [1.807, 2.05) is 0 Å². The number of benzene rings is 1. The Morgan fingerprint density at radius 1 is 1.10 bits per heavy atom. The van der Waals surface area contributed by atoms with Gasteiger partial charge in [0.25, 0.3) is 0 Å². The van der Waals surface area contributed by atoms with Crippen LogP contribution in [-0.4, -0.2) is 6.04 Å². The normalized spacial score (nSPS) is 24.9. The van der Waals surface area contributed by atoms with E-state index in [1.54, 1.807) is 0 Å². The highest BCUT2D eigenvalue weighted by atomic mass is 79.9. The van der Waals surface area contributed by atoms with E-state index in [4.69, 9.17) is 5.84 Å². The minimum atomic E-state index is 0.407. The molecule has 3 N–H and O–H groups in total.